The van der Waals surface area contributed by atoms with Gasteiger partial charge < -0.3 is 5.11 Å². The van der Waals surface area contributed by atoms with Gasteiger partial charge in [0.2, 0.25) is 0 Å². The molecule has 3 nitrogen and oxygen atoms in total. The van der Waals surface area contributed by atoms with Crippen LogP contribution in [0.25, 0.3) is 11.1 Å². The minimum atomic E-state index is -0.965. The lowest BCUT2D eigenvalue weighted by Crippen LogP contribution is -2.09. The number of rotatable bonds is 6. The van der Waals surface area contributed by atoms with E-state index in [9.17, 15) is 9.90 Å². The smallest absolute Gasteiger partial charge is 0.337 e. The Morgan fingerprint density at radius 3 is 2.33 bits per heavy atom. The summed E-state index contributed by atoms with van der Waals surface area (Å²) < 4.78 is 0.981. The molecule has 0 atom stereocenters. The second-order valence-corrected chi connectivity index (χ2v) is 7.69. The number of carboxylic acid groups (broad SMARTS) is 1. The molecule has 0 radical (unpaired) electrons. The number of hydrogen-bond acceptors (Lipinski definition) is 2. The van der Waals surface area contributed by atoms with Crippen LogP contribution >= 0.6 is 27.5 Å². The maximum Gasteiger partial charge on any atom is 0.337 e. The van der Waals surface area contributed by atoms with Crippen molar-refractivity contribution in [2.45, 2.75) is 26.2 Å². The summed E-state index contributed by atoms with van der Waals surface area (Å²) in [6, 6.07) is 17.0. The van der Waals surface area contributed by atoms with E-state index in [1.54, 1.807) is 18.2 Å². The van der Waals surface area contributed by atoms with E-state index in [0.29, 0.717) is 17.1 Å². The minimum absolute atomic E-state index is 0.239. The molecule has 0 bridgehead atoms. The maximum absolute atomic E-state index is 11.9. The highest BCUT2D eigenvalue weighted by Crippen LogP contribution is 2.28. The number of nitrogens with zero attached hydrogens (tertiary/aromatic N) is 1. The van der Waals surface area contributed by atoms with Gasteiger partial charge in [-0.05, 0) is 47.9 Å². The third-order valence-electron chi connectivity index (χ3n) is 4.34. The maximum atomic E-state index is 11.9. The van der Waals surface area contributed by atoms with E-state index in [2.05, 4.69) is 22.9 Å². The minimum Gasteiger partial charge on any atom is -0.478 e. The Kier molecular flexibility index (Phi) is 6.30. The molecule has 3 rings (SSSR count). The monoisotopic (exact) mass is 443 g/mol. The van der Waals surface area contributed by atoms with Gasteiger partial charge in [0.05, 0.1) is 11.3 Å². The van der Waals surface area contributed by atoms with Gasteiger partial charge in [0.1, 0.15) is 0 Å². The summed E-state index contributed by atoms with van der Waals surface area (Å²) in [5, 5.41) is 10.4. The average molecular weight is 445 g/mol. The van der Waals surface area contributed by atoms with Crippen molar-refractivity contribution in [2.75, 3.05) is 0 Å². The van der Waals surface area contributed by atoms with E-state index in [0.717, 1.165) is 39.7 Å². The predicted molar refractivity (Wildman–Crippen MR) is 113 cm³/mol. The van der Waals surface area contributed by atoms with Crippen LogP contribution in [0.15, 0.2) is 59.1 Å². The molecule has 27 heavy (non-hydrogen) atoms. The van der Waals surface area contributed by atoms with E-state index < -0.39 is 5.97 Å². The van der Waals surface area contributed by atoms with Gasteiger partial charge in [-0.1, -0.05) is 65.1 Å². The van der Waals surface area contributed by atoms with Crippen molar-refractivity contribution < 1.29 is 9.90 Å². The third kappa shape index (κ3) is 4.76. The Balaban J connectivity index is 2.10. The van der Waals surface area contributed by atoms with Gasteiger partial charge in [-0.2, -0.15) is 0 Å². The second-order valence-electron chi connectivity index (χ2n) is 6.34. The topological polar surface area (TPSA) is 50.2 Å². The molecule has 0 fully saturated rings. The standard InChI is InChI=1S/C22H19BrClNO2/c1-2-3-20-18(15-6-8-16(23)9-7-15)13-19(22(26)27)21(25-20)12-14-4-10-17(24)11-5-14/h4-11,13H,2-3,12H2,1H3,(H,26,27). The fraction of sp³-hybridized carbons (Fsp3) is 0.182. The Morgan fingerprint density at radius 2 is 1.74 bits per heavy atom. The highest BCUT2D eigenvalue weighted by molar-refractivity contribution is 9.10. The van der Waals surface area contributed by atoms with Crippen LogP contribution in [0.4, 0.5) is 0 Å². The lowest BCUT2D eigenvalue weighted by atomic mass is 9.96. The lowest BCUT2D eigenvalue weighted by molar-refractivity contribution is 0.0695. The van der Waals surface area contributed by atoms with Crippen molar-refractivity contribution in [1.29, 1.82) is 0 Å². The van der Waals surface area contributed by atoms with Crippen molar-refractivity contribution in [3.05, 3.63) is 86.6 Å². The molecule has 5 heteroatoms. The van der Waals surface area contributed by atoms with Gasteiger partial charge in [0, 0.05) is 27.2 Å². The molecule has 138 valence electrons. The van der Waals surface area contributed by atoms with Crippen molar-refractivity contribution in [1.82, 2.24) is 4.98 Å². The van der Waals surface area contributed by atoms with Crippen LogP contribution in [-0.2, 0) is 12.8 Å². The van der Waals surface area contributed by atoms with Crippen LogP contribution in [0.2, 0.25) is 5.02 Å². The quantitative estimate of drug-likeness (QED) is 0.478. The molecule has 0 unspecified atom stereocenters. The van der Waals surface area contributed by atoms with Crippen molar-refractivity contribution in [2.24, 2.45) is 0 Å². The number of carbonyl (C=O) groups is 1. The van der Waals surface area contributed by atoms with Crippen molar-refractivity contribution in [3.63, 3.8) is 0 Å². The molecule has 0 aliphatic heterocycles. The Morgan fingerprint density at radius 1 is 1.07 bits per heavy atom. The van der Waals surface area contributed by atoms with Gasteiger partial charge >= 0.3 is 5.97 Å². The van der Waals surface area contributed by atoms with Crippen LogP contribution in [0.1, 0.15) is 40.7 Å². The summed E-state index contributed by atoms with van der Waals surface area (Å²) in [6.45, 7) is 2.09. The number of pyridine rings is 1. The summed E-state index contributed by atoms with van der Waals surface area (Å²) in [4.78, 5) is 16.7. The molecule has 1 N–H and O–H groups in total. The molecule has 1 heterocycles. The number of hydrogen-bond donors (Lipinski definition) is 1. The van der Waals surface area contributed by atoms with Gasteiger partial charge in [-0.3, -0.25) is 4.98 Å². The molecule has 0 saturated heterocycles. The largest absolute Gasteiger partial charge is 0.478 e. The Bertz CT molecular complexity index is 953. The molecule has 0 amide bonds. The van der Waals surface area contributed by atoms with E-state index >= 15 is 0 Å². The SMILES string of the molecule is CCCc1nc(Cc2ccc(Cl)cc2)c(C(=O)O)cc1-c1ccc(Br)cc1. The third-order valence-corrected chi connectivity index (χ3v) is 5.12. The Labute approximate surface area is 172 Å². The van der Waals surface area contributed by atoms with Crippen LogP contribution < -0.4 is 0 Å². The van der Waals surface area contributed by atoms with Gasteiger partial charge in [-0.15, -0.1) is 0 Å². The fourth-order valence-electron chi connectivity index (χ4n) is 3.02. The molecule has 0 saturated carbocycles. The number of aromatic nitrogens is 1. The van der Waals surface area contributed by atoms with E-state index in [1.165, 1.54) is 0 Å². The van der Waals surface area contributed by atoms with Crippen molar-refractivity contribution in [3.8, 4) is 11.1 Å². The van der Waals surface area contributed by atoms with Crippen LogP contribution in [0.5, 0.6) is 0 Å². The number of benzene rings is 2. The summed E-state index contributed by atoms with van der Waals surface area (Å²) in [6.07, 6.45) is 2.18. The summed E-state index contributed by atoms with van der Waals surface area (Å²) >= 11 is 9.39. The van der Waals surface area contributed by atoms with Gasteiger partial charge in [0.25, 0.3) is 0 Å². The molecule has 0 spiro atoms. The summed E-state index contributed by atoms with van der Waals surface area (Å²) in [5.41, 5.74) is 4.56. The normalized spacial score (nSPS) is 10.8. The fourth-order valence-corrected chi connectivity index (χ4v) is 3.41. The summed E-state index contributed by atoms with van der Waals surface area (Å²) in [7, 11) is 0. The number of halogens is 2. The van der Waals surface area contributed by atoms with Crippen molar-refractivity contribution >= 4 is 33.5 Å². The molecule has 0 aliphatic rings. The van der Waals surface area contributed by atoms with Crippen LogP contribution in [0.3, 0.4) is 0 Å². The van der Waals surface area contributed by atoms with Gasteiger partial charge in [-0.25, -0.2) is 4.79 Å². The zero-order chi connectivity index (χ0) is 19.4. The van der Waals surface area contributed by atoms with Crippen LogP contribution in [-0.4, -0.2) is 16.1 Å². The molecular formula is C22H19BrClNO2. The summed E-state index contributed by atoms with van der Waals surface area (Å²) in [5.74, 6) is -0.965. The zero-order valence-electron chi connectivity index (χ0n) is 14.9. The first kappa shape index (κ1) is 19.6. The second kappa shape index (κ2) is 8.68. The van der Waals surface area contributed by atoms with E-state index in [4.69, 9.17) is 16.6 Å². The molecule has 1 aromatic heterocycles. The van der Waals surface area contributed by atoms with E-state index in [-0.39, 0.29) is 5.56 Å². The van der Waals surface area contributed by atoms with E-state index in [1.807, 2.05) is 36.4 Å². The molecule has 0 aliphatic carbocycles. The number of aryl methyl sites for hydroxylation is 1. The predicted octanol–water partition coefficient (Wildman–Crippen LogP) is 6.41. The first-order chi connectivity index (χ1) is 13.0. The number of carboxylic acids is 1. The van der Waals surface area contributed by atoms with Gasteiger partial charge in [0.15, 0.2) is 0 Å². The van der Waals surface area contributed by atoms with Crippen LogP contribution in [0, 0.1) is 0 Å². The molecule has 2 aromatic carbocycles. The first-order valence-electron chi connectivity index (χ1n) is 8.74. The number of aromatic carboxylic acids is 1. The average Bonchev–Trinajstić information content (AvgIpc) is 2.65. The lowest BCUT2D eigenvalue weighted by Gasteiger charge is -2.14. The highest BCUT2D eigenvalue weighted by Gasteiger charge is 2.18. The molecule has 3 aromatic rings. The first-order valence-corrected chi connectivity index (χ1v) is 9.91. The molecular weight excluding hydrogens is 426 g/mol. The zero-order valence-corrected chi connectivity index (χ0v) is 17.2. The highest BCUT2D eigenvalue weighted by atomic mass is 79.9. The Hall–Kier alpha value is -2.17.